The predicted molar refractivity (Wildman–Crippen MR) is 117 cm³/mol. The minimum atomic E-state index is -0.237. The molecule has 4 rings (SSSR count). The number of nitrogens with one attached hydrogen (secondary N) is 1. The monoisotopic (exact) mass is 418 g/mol. The second-order valence-corrected chi connectivity index (χ2v) is 7.22. The molecule has 8 heteroatoms. The molecule has 0 saturated carbocycles. The highest BCUT2D eigenvalue weighted by atomic mass is 32.2. The van der Waals surface area contributed by atoms with Gasteiger partial charge < -0.3 is 10.1 Å². The Balaban J connectivity index is 1.65. The van der Waals surface area contributed by atoms with Crippen molar-refractivity contribution < 1.29 is 9.53 Å². The van der Waals surface area contributed by atoms with Gasteiger partial charge in [0, 0.05) is 6.20 Å². The first-order valence-corrected chi connectivity index (χ1v) is 10.1. The third-order valence-electron chi connectivity index (χ3n) is 4.34. The van der Waals surface area contributed by atoms with Crippen molar-refractivity contribution in [1.82, 2.24) is 14.5 Å². The summed E-state index contributed by atoms with van der Waals surface area (Å²) >= 11 is 1.17. The standard InChI is InChI=1S/C22H18N4O3S/c1-29-18-12-6-5-11-17(18)24-19(27)14-30-22-25-20-16(10-7-13-23-20)21(28)26(22)15-8-3-2-4-9-15/h2-13H,14H2,1H3,(H,24,27). The molecule has 0 aliphatic rings. The van der Waals surface area contributed by atoms with E-state index in [-0.39, 0.29) is 17.2 Å². The number of anilines is 1. The Morgan fingerprint density at radius 2 is 1.83 bits per heavy atom. The van der Waals surface area contributed by atoms with Gasteiger partial charge in [-0.25, -0.2) is 9.97 Å². The van der Waals surface area contributed by atoms with E-state index in [0.29, 0.717) is 33.3 Å². The zero-order valence-electron chi connectivity index (χ0n) is 16.1. The van der Waals surface area contributed by atoms with Crippen molar-refractivity contribution in [2.45, 2.75) is 5.16 Å². The average molecular weight is 418 g/mol. The van der Waals surface area contributed by atoms with E-state index in [9.17, 15) is 9.59 Å². The van der Waals surface area contributed by atoms with E-state index in [1.807, 2.05) is 42.5 Å². The Morgan fingerprint density at radius 3 is 2.63 bits per heavy atom. The molecular formula is C22H18N4O3S. The normalized spacial score (nSPS) is 10.7. The van der Waals surface area contributed by atoms with Gasteiger partial charge in [-0.2, -0.15) is 0 Å². The van der Waals surface area contributed by atoms with Gasteiger partial charge in [0.2, 0.25) is 5.91 Å². The number of methoxy groups -OCH3 is 1. The molecule has 0 spiro atoms. The maximum atomic E-state index is 13.1. The third kappa shape index (κ3) is 4.04. The van der Waals surface area contributed by atoms with Crippen LogP contribution in [0.2, 0.25) is 0 Å². The molecule has 2 aromatic carbocycles. The van der Waals surface area contributed by atoms with Crippen molar-refractivity contribution in [3.05, 3.63) is 83.3 Å². The number of rotatable bonds is 6. The summed E-state index contributed by atoms with van der Waals surface area (Å²) in [6.07, 6.45) is 1.59. The lowest BCUT2D eigenvalue weighted by Gasteiger charge is -2.13. The number of thioether (sulfide) groups is 1. The second kappa shape index (κ2) is 8.79. The summed E-state index contributed by atoms with van der Waals surface area (Å²) in [4.78, 5) is 34.4. The molecule has 0 atom stereocenters. The van der Waals surface area contributed by atoms with Crippen LogP contribution >= 0.6 is 11.8 Å². The minimum absolute atomic E-state index is 0.0651. The molecule has 1 amide bonds. The highest BCUT2D eigenvalue weighted by Crippen LogP contribution is 2.24. The average Bonchev–Trinajstić information content (AvgIpc) is 2.79. The van der Waals surface area contributed by atoms with Gasteiger partial charge in [-0.1, -0.05) is 42.1 Å². The summed E-state index contributed by atoms with van der Waals surface area (Å²) in [5.41, 5.74) is 1.38. The molecule has 0 saturated heterocycles. The molecule has 150 valence electrons. The Labute approximate surface area is 176 Å². The fourth-order valence-corrected chi connectivity index (χ4v) is 3.77. The van der Waals surface area contributed by atoms with Crippen LogP contribution in [0.3, 0.4) is 0 Å². The fourth-order valence-electron chi connectivity index (χ4n) is 2.97. The van der Waals surface area contributed by atoms with Gasteiger partial charge in [0.05, 0.1) is 29.6 Å². The molecule has 4 aromatic rings. The van der Waals surface area contributed by atoms with Crippen molar-refractivity contribution >= 4 is 34.4 Å². The topological polar surface area (TPSA) is 86.1 Å². The first-order valence-electron chi connectivity index (χ1n) is 9.16. The SMILES string of the molecule is COc1ccccc1NC(=O)CSc1nc2ncccc2c(=O)n1-c1ccccc1. The van der Waals surface area contributed by atoms with Crippen molar-refractivity contribution in [1.29, 1.82) is 0 Å². The van der Waals surface area contributed by atoms with Crippen LogP contribution in [0.15, 0.2) is 82.9 Å². The number of aromatic nitrogens is 3. The zero-order chi connectivity index (χ0) is 20.9. The molecule has 7 nitrogen and oxygen atoms in total. The van der Waals surface area contributed by atoms with E-state index < -0.39 is 0 Å². The largest absolute Gasteiger partial charge is 0.495 e. The first kappa shape index (κ1) is 19.7. The maximum Gasteiger partial charge on any atom is 0.268 e. The molecule has 0 radical (unpaired) electrons. The van der Waals surface area contributed by atoms with E-state index in [4.69, 9.17) is 4.74 Å². The van der Waals surface area contributed by atoms with Crippen LogP contribution in [-0.4, -0.2) is 33.3 Å². The number of benzene rings is 2. The van der Waals surface area contributed by atoms with E-state index in [1.54, 1.807) is 37.6 Å². The number of hydrogen-bond acceptors (Lipinski definition) is 6. The van der Waals surface area contributed by atoms with Crippen molar-refractivity contribution in [3.8, 4) is 11.4 Å². The number of hydrogen-bond donors (Lipinski definition) is 1. The lowest BCUT2D eigenvalue weighted by molar-refractivity contribution is -0.113. The zero-order valence-corrected chi connectivity index (χ0v) is 16.9. The summed E-state index contributed by atoms with van der Waals surface area (Å²) in [5, 5.41) is 3.64. The second-order valence-electron chi connectivity index (χ2n) is 6.28. The molecule has 2 heterocycles. The van der Waals surface area contributed by atoms with Crippen LogP contribution in [0.4, 0.5) is 5.69 Å². The highest BCUT2D eigenvalue weighted by Gasteiger charge is 2.16. The number of para-hydroxylation sites is 3. The first-order chi connectivity index (χ1) is 14.7. The lowest BCUT2D eigenvalue weighted by atomic mass is 10.3. The third-order valence-corrected chi connectivity index (χ3v) is 5.28. The van der Waals surface area contributed by atoms with Gasteiger partial charge in [-0.05, 0) is 36.4 Å². The van der Waals surface area contributed by atoms with Crippen LogP contribution < -0.4 is 15.6 Å². The molecule has 2 aromatic heterocycles. The summed E-state index contributed by atoms with van der Waals surface area (Å²) in [6, 6.07) is 19.8. The smallest absolute Gasteiger partial charge is 0.268 e. The summed E-state index contributed by atoms with van der Waals surface area (Å²) < 4.78 is 6.77. The number of pyridine rings is 1. The molecule has 0 fully saturated rings. The Morgan fingerprint density at radius 1 is 1.07 bits per heavy atom. The molecule has 0 unspecified atom stereocenters. The van der Waals surface area contributed by atoms with Crippen LogP contribution in [0.5, 0.6) is 5.75 Å². The van der Waals surface area contributed by atoms with E-state index >= 15 is 0 Å². The molecule has 1 N–H and O–H groups in total. The highest BCUT2D eigenvalue weighted by molar-refractivity contribution is 7.99. The van der Waals surface area contributed by atoms with Crippen LogP contribution in [-0.2, 0) is 4.79 Å². The molecule has 30 heavy (non-hydrogen) atoms. The lowest BCUT2D eigenvalue weighted by Crippen LogP contribution is -2.23. The molecular weight excluding hydrogens is 400 g/mol. The molecule has 0 aliphatic carbocycles. The van der Waals surface area contributed by atoms with Crippen molar-refractivity contribution in [2.75, 3.05) is 18.2 Å². The van der Waals surface area contributed by atoms with Gasteiger partial charge >= 0.3 is 0 Å². The van der Waals surface area contributed by atoms with E-state index in [1.165, 1.54) is 16.3 Å². The van der Waals surface area contributed by atoms with Gasteiger partial charge in [0.25, 0.3) is 5.56 Å². The van der Waals surface area contributed by atoms with Gasteiger partial charge in [-0.15, -0.1) is 0 Å². The number of carbonyl (C=O) groups excluding carboxylic acids is 1. The summed E-state index contributed by atoms with van der Waals surface area (Å²) in [7, 11) is 1.55. The number of carbonyl (C=O) groups is 1. The molecule has 0 bridgehead atoms. The number of nitrogens with zero attached hydrogens (tertiary/aromatic N) is 3. The quantitative estimate of drug-likeness (QED) is 0.381. The number of ether oxygens (including phenoxy) is 1. The number of amides is 1. The Hall–Kier alpha value is -3.65. The van der Waals surface area contributed by atoms with E-state index in [2.05, 4.69) is 15.3 Å². The van der Waals surface area contributed by atoms with Crippen LogP contribution in [0.25, 0.3) is 16.7 Å². The number of fused-ring (bicyclic) bond motifs is 1. The van der Waals surface area contributed by atoms with Gasteiger partial charge in [0.15, 0.2) is 10.8 Å². The van der Waals surface area contributed by atoms with Crippen molar-refractivity contribution in [3.63, 3.8) is 0 Å². The van der Waals surface area contributed by atoms with Crippen molar-refractivity contribution in [2.24, 2.45) is 0 Å². The Bertz CT molecular complexity index is 1260. The van der Waals surface area contributed by atoms with Crippen LogP contribution in [0, 0.1) is 0 Å². The fraction of sp³-hybridized carbons (Fsp3) is 0.0909. The Kier molecular flexibility index (Phi) is 5.76. The van der Waals surface area contributed by atoms with E-state index in [0.717, 1.165) is 0 Å². The minimum Gasteiger partial charge on any atom is -0.495 e. The summed E-state index contributed by atoms with van der Waals surface area (Å²) in [5.74, 6) is 0.403. The van der Waals surface area contributed by atoms with Gasteiger partial charge in [-0.3, -0.25) is 14.2 Å². The summed E-state index contributed by atoms with van der Waals surface area (Å²) in [6.45, 7) is 0. The predicted octanol–water partition coefficient (Wildman–Crippen LogP) is 3.52. The van der Waals surface area contributed by atoms with Gasteiger partial charge in [0.1, 0.15) is 5.75 Å². The molecule has 0 aliphatic heterocycles. The maximum absolute atomic E-state index is 13.1. The van der Waals surface area contributed by atoms with Crippen LogP contribution in [0.1, 0.15) is 0 Å².